The molecular weight excluding hydrogens is 244 g/mol. The molecule has 0 radical (unpaired) electrons. The molecule has 0 spiro atoms. The van der Waals surface area contributed by atoms with Crippen LogP contribution in [0.25, 0.3) is 0 Å². The number of ether oxygens (including phenoxy) is 2. The van der Waals surface area contributed by atoms with E-state index in [4.69, 9.17) is 9.47 Å². The van der Waals surface area contributed by atoms with E-state index in [0.717, 1.165) is 39.0 Å². The van der Waals surface area contributed by atoms with Gasteiger partial charge in [0.15, 0.2) is 5.79 Å². The van der Waals surface area contributed by atoms with Gasteiger partial charge in [-0.05, 0) is 33.6 Å². The van der Waals surface area contributed by atoms with E-state index < -0.39 is 5.79 Å². The largest absolute Gasteiger partial charge is 0.345 e. The normalized spacial score (nSPS) is 30.6. The van der Waals surface area contributed by atoms with Crippen LogP contribution in [0.5, 0.6) is 0 Å². The number of nitrogens with zero attached hydrogens (tertiary/aromatic N) is 1. The molecule has 0 aliphatic carbocycles. The van der Waals surface area contributed by atoms with Crippen molar-refractivity contribution in [3.63, 3.8) is 0 Å². The molecular formula is C14H26N2O3. The van der Waals surface area contributed by atoms with Crippen molar-refractivity contribution < 1.29 is 14.3 Å². The second-order valence-electron chi connectivity index (χ2n) is 5.90. The predicted octanol–water partition coefficient (Wildman–Crippen LogP) is 1.13. The molecule has 2 atom stereocenters. The third kappa shape index (κ3) is 4.16. The van der Waals surface area contributed by atoms with Gasteiger partial charge in [0.1, 0.15) is 0 Å². The zero-order valence-electron chi connectivity index (χ0n) is 12.3. The second kappa shape index (κ2) is 6.20. The molecule has 0 saturated carbocycles. The summed E-state index contributed by atoms with van der Waals surface area (Å²) in [5, 5.41) is 3.25. The average Bonchev–Trinajstić information content (AvgIpc) is 2.63. The monoisotopic (exact) mass is 270 g/mol. The molecule has 2 unspecified atom stereocenters. The Kier molecular flexibility index (Phi) is 4.81. The number of hydrogen-bond acceptors (Lipinski definition) is 4. The highest BCUT2D eigenvalue weighted by Gasteiger charge is 2.38. The van der Waals surface area contributed by atoms with Gasteiger partial charge in [0.2, 0.25) is 5.91 Å². The smallest absolute Gasteiger partial charge is 0.222 e. The first-order valence-corrected chi connectivity index (χ1v) is 7.32. The highest BCUT2D eigenvalue weighted by molar-refractivity contribution is 5.76. The van der Waals surface area contributed by atoms with Gasteiger partial charge in [-0.1, -0.05) is 0 Å². The number of carbonyl (C=O) groups excluding carboxylic acids is 1. The lowest BCUT2D eigenvalue weighted by atomic mass is 10.1. The summed E-state index contributed by atoms with van der Waals surface area (Å²) in [5.74, 6) is -0.209. The lowest BCUT2D eigenvalue weighted by Crippen LogP contribution is -2.46. The Morgan fingerprint density at radius 1 is 1.32 bits per heavy atom. The second-order valence-corrected chi connectivity index (χ2v) is 5.90. The van der Waals surface area contributed by atoms with Crippen molar-refractivity contribution in [1.29, 1.82) is 0 Å². The third-order valence-electron chi connectivity index (χ3n) is 3.78. The highest BCUT2D eigenvalue weighted by atomic mass is 16.7. The molecule has 5 nitrogen and oxygen atoms in total. The van der Waals surface area contributed by atoms with Gasteiger partial charge in [0.25, 0.3) is 0 Å². The lowest BCUT2D eigenvalue weighted by molar-refractivity contribution is -0.145. The summed E-state index contributed by atoms with van der Waals surface area (Å²) < 4.78 is 11.5. The summed E-state index contributed by atoms with van der Waals surface area (Å²) in [6.45, 7) is 9.42. The summed E-state index contributed by atoms with van der Waals surface area (Å²) in [4.78, 5) is 14.0. The molecule has 19 heavy (non-hydrogen) atoms. The van der Waals surface area contributed by atoms with E-state index in [0.29, 0.717) is 6.42 Å². The van der Waals surface area contributed by atoms with E-state index in [1.54, 1.807) is 0 Å². The van der Waals surface area contributed by atoms with Crippen LogP contribution in [0, 0.1) is 0 Å². The van der Waals surface area contributed by atoms with E-state index >= 15 is 0 Å². The van der Waals surface area contributed by atoms with Crippen LogP contribution in [0.1, 0.15) is 40.0 Å². The van der Waals surface area contributed by atoms with Crippen molar-refractivity contribution in [2.45, 2.75) is 58.0 Å². The molecule has 2 aliphatic heterocycles. The van der Waals surface area contributed by atoms with E-state index in [1.165, 1.54) is 0 Å². The molecule has 2 rings (SSSR count). The van der Waals surface area contributed by atoms with Crippen molar-refractivity contribution >= 4 is 5.91 Å². The molecule has 2 heterocycles. The molecule has 0 aromatic rings. The predicted molar refractivity (Wildman–Crippen MR) is 72.8 cm³/mol. The topological polar surface area (TPSA) is 50.8 Å². The fourth-order valence-corrected chi connectivity index (χ4v) is 2.83. The van der Waals surface area contributed by atoms with Crippen LogP contribution in [-0.4, -0.2) is 55.0 Å². The molecule has 1 N–H and O–H groups in total. The zero-order chi connectivity index (χ0) is 13.9. The minimum absolute atomic E-state index is 0.115. The minimum atomic E-state index is -0.480. The van der Waals surface area contributed by atoms with Crippen LogP contribution in [0.3, 0.4) is 0 Å². The van der Waals surface area contributed by atoms with Gasteiger partial charge < -0.3 is 19.7 Å². The number of nitrogens with one attached hydrogen (secondary N) is 1. The minimum Gasteiger partial charge on any atom is -0.345 e. The number of amides is 1. The molecule has 5 heteroatoms. The maximum Gasteiger partial charge on any atom is 0.222 e. The van der Waals surface area contributed by atoms with Gasteiger partial charge >= 0.3 is 0 Å². The number of piperazine rings is 1. The van der Waals surface area contributed by atoms with Gasteiger partial charge in [0, 0.05) is 32.6 Å². The van der Waals surface area contributed by atoms with Crippen molar-refractivity contribution in [2.24, 2.45) is 0 Å². The van der Waals surface area contributed by atoms with Crippen molar-refractivity contribution in [1.82, 2.24) is 10.2 Å². The van der Waals surface area contributed by atoms with E-state index in [2.05, 4.69) is 5.32 Å². The van der Waals surface area contributed by atoms with Crippen LogP contribution in [0.4, 0.5) is 0 Å². The highest BCUT2D eigenvalue weighted by Crippen LogP contribution is 2.30. The number of rotatable bonds is 4. The van der Waals surface area contributed by atoms with Crippen molar-refractivity contribution in [3.05, 3.63) is 0 Å². The van der Waals surface area contributed by atoms with Crippen LogP contribution in [0.15, 0.2) is 0 Å². The maximum atomic E-state index is 12.0. The molecule has 0 aromatic carbocycles. The summed E-state index contributed by atoms with van der Waals surface area (Å²) in [6, 6.07) is 0. The first kappa shape index (κ1) is 14.8. The Morgan fingerprint density at radius 3 is 2.58 bits per heavy atom. The van der Waals surface area contributed by atoms with Crippen LogP contribution >= 0.6 is 0 Å². The Labute approximate surface area is 115 Å². The Balaban J connectivity index is 1.67. The molecule has 0 bridgehead atoms. The summed E-state index contributed by atoms with van der Waals surface area (Å²) >= 11 is 0. The Hall–Kier alpha value is -0.650. The quantitative estimate of drug-likeness (QED) is 0.832. The summed E-state index contributed by atoms with van der Waals surface area (Å²) in [6.07, 6.45) is 2.61. The van der Waals surface area contributed by atoms with Crippen LogP contribution in [-0.2, 0) is 14.3 Å². The summed E-state index contributed by atoms with van der Waals surface area (Å²) in [5.41, 5.74) is 0. The fraction of sp³-hybridized carbons (Fsp3) is 0.929. The third-order valence-corrected chi connectivity index (χ3v) is 3.78. The molecule has 0 aromatic heterocycles. The molecule has 2 saturated heterocycles. The number of hydrogen-bond donors (Lipinski definition) is 1. The Bertz CT molecular complexity index is 314. The molecule has 1 amide bonds. The first-order valence-electron chi connectivity index (χ1n) is 7.32. The van der Waals surface area contributed by atoms with Gasteiger partial charge in [-0.2, -0.15) is 0 Å². The van der Waals surface area contributed by atoms with Gasteiger partial charge in [-0.3, -0.25) is 4.79 Å². The van der Waals surface area contributed by atoms with E-state index in [9.17, 15) is 4.79 Å². The van der Waals surface area contributed by atoms with Crippen molar-refractivity contribution in [3.8, 4) is 0 Å². The Morgan fingerprint density at radius 2 is 2.00 bits per heavy atom. The van der Waals surface area contributed by atoms with E-state index in [-0.39, 0.29) is 18.1 Å². The lowest BCUT2D eigenvalue weighted by Gasteiger charge is -2.27. The van der Waals surface area contributed by atoms with Gasteiger partial charge in [-0.15, -0.1) is 0 Å². The average molecular weight is 270 g/mol. The van der Waals surface area contributed by atoms with Crippen molar-refractivity contribution in [2.75, 3.05) is 26.2 Å². The standard InChI is InChI=1S/C14H26N2O3/c1-11-12(19-14(2,3)18-11)5-4-6-13(17)16-9-7-15-8-10-16/h11-12,15H,4-10H2,1-3H3. The van der Waals surface area contributed by atoms with E-state index in [1.807, 2.05) is 25.7 Å². The summed E-state index contributed by atoms with van der Waals surface area (Å²) in [7, 11) is 0. The van der Waals surface area contributed by atoms with Gasteiger partial charge in [0.05, 0.1) is 12.2 Å². The maximum absolute atomic E-state index is 12.0. The fourth-order valence-electron chi connectivity index (χ4n) is 2.83. The SMILES string of the molecule is CC1OC(C)(C)OC1CCCC(=O)N1CCNCC1. The number of carbonyl (C=O) groups is 1. The van der Waals surface area contributed by atoms with Crippen LogP contribution < -0.4 is 5.32 Å². The molecule has 110 valence electrons. The molecule has 2 aliphatic rings. The van der Waals surface area contributed by atoms with Crippen LogP contribution in [0.2, 0.25) is 0 Å². The first-order chi connectivity index (χ1) is 8.98. The zero-order valence-corrected chi connectivity index (χ0v) is 12.3. The molecule has 2 fully saturated rings. The van der Waals surface area contributed by atoms with Gasteiger partial charge in [-0.25, -0.2) is 0 Å².